The van der Waals surface area contributed by atoms with Crippen molar-refractivity contribution in [3.05, 3.63) is 33.6 Å². The number of nitrogens with zero attached hydrogens (tertiary/aromatic N) is 1. The van der Waals surface area contributed by atoms with Crippen LogP contribution in [-0.2, 0) is 0 Å². The molecule has 1 nitrogen and oxygen atoms in total. The quantitative estimate of drug-likeness (QED) is 0.555. The Morgan fingerprint density at radius 1 is 1.45 bits per heavy atom. The standard InChI is InChI=1S/C9H9ClN/c1-3-11-9-7(2)5-4-6-8(9)10/h4-6H,1-2H3/q+1. The zero-order valence-electron chi connectivity index (χ0n) is 6.56. The molecule has 1 aromatic rings. The fourth-order valence-corrected chi connectivity index (χ4v) is 1.14. The molecule has 56 valence electrons. The van der Waals surface area contributed by atoms with Crippen molar-refractivity contribution in [2.75, 3.05) is 0 Å². The van der Waals surface area contributed by atoms with Gasteiger partial charge in [0.25, 0.3) is 6.07 Å². The van der Waals surface area contributed by atoms with E-state index in [0.717, 1.165) is 11.3 Å². The summed E-state index contributed by atoms with van der Waals surface area (Å²) >= 11 is 5.87. The molecule has 2 heteroatoms. The van der Waals surface area contributed by atoms with Gasteiger partial charge >= 0.3 is 5.69 Å². The second-order valence-corrected chi connectivity index (χ2v) is 2.65. The molecule has 0 radical (unpaired) electrons. The van der Waals surface area contributed by atoms with Gasteiger partial charge in [-0.3, -0.25) is 0 Å². The highest BCUT2D eigenvalue weighted by Gasteiger charge is 2.10. The minimum atomic E-state index is 0.680. The van der Waals surface area contributed by atoms with E-state index in [9.17, 15) is 0 Å². The van der Waals surface area contributed by atoms with E-state index < -0.39 is 0 Å². The Morgan fingerprint density at radius 3 is 2.73 bits per heavy atom. The fourth-order valence-electron chi connectivity index (χ4n) is 0.877. The molecule has 0 aromatic heterocycles. The van der Waals surface area contributed by atoms with Crippen LogP contribution in [0.15, 0.2) is 18.2 Å². The summed E-state index contributed by atoms with van der Waals surface area (Å²) in [7, 11) is 0. The lowest BCUT2D eigenvalue weighted by Gasteiger charge is -1.88. The minimum Gasteiger partial charge on any atom is -0.0756 e. The maximum absolute atomic E-state index is 5.87. The lowest BCUT2D eigenvalue weighted by molar-refractivity contribution is 1.49. The Morgan fingerprint density at radius 2 is 2.18 bits per heavy atom. The van der Waals surface area contributed by atoms with Crippen LogP contribution in [-0.4, -0.2) is 0 Å². The summed E-state index contributed by atoms with van der Waals surface area (Å²) in [5.41, 5.74) is 1.89. The van der Waals surface area contributed by atoms with Crippen LogP contribution in [0.3, 0.4) is 0 Å². The summed E-state index contributed by atoms with van der Waals surface area (Å²) < 4.78 is 0. The molecular weight excluding hydrogens is 158 g/mol. The summed E-state index contributed by atoms with van der Waals surface area (Å²) in [4.78, 5) is 4.02. The van der Waals surface area contributed by atoms with Gasteiger partial charge in [-0.25, -0.2) is 0 Å². The molecule has 1 rings (SSSR count). The molecule has 0 saturated carbocycles. The predicted octanol–water partition coefficient (Wildman–Crippen LogP) is 3.63. The fraction of sp³-hybridized carbons (Fsp3) is 0.222. The smallest absolute Gasteiger partial charge is 0.0756 e. The van der Waals surface area contributed by atoms with Gasteiger partial charge in [-0.2, -0.15) is 0 Å². The number of para-hydroxylation sites is 1. The second-order valence-electron chi connectivity index (χ2n) is 2.24. The third-order valence-corrected chi connectivity index (χ3v) is 1.72. The topological polar surface area (TPSA) is 4.36 Å². The van der Waals surface area contributed by atoms with Gasteiger partial charge in [0.05, 0.1) is 6.92 Å². The summed E-state index contributed by atoms with van der Waals surface area (Å²) in [5.74, 6) is 0. The first-order valence-corrected chi connectivity index (χ1v) is 3.76. The van der Waals surface area contributed by atoms with Crippen molar-refractivity contribution in [2.45, 2.75) is 13.8 Å². The highest BCUT2D eigenvalue weighted by molar-refractivity contribution is 6.33. The molecule has 0 bridgehead atoms. The number of benzene rings is 1. The molecule has 1 aromatic carbocycles. The maximum atomic E-state index is 5.87. The van der Waals surface area contributed by atoms with Crippen molar-refractivity contribution in [3.8, 4) is 6.07 Å². The summed E-state index contributed by atoms with van der Waals surface area (Å²) in [5, 5.41) is 0.680. The van der Waals surface area contributed by atoms with Crippen molar-refractivity contribution in [2.24, 2.45) is 0 Å². The van der Waals surface area contributed by atoms with Gasteiger partial charge in [0.1, 0.15) is 5.02 Å². The van der Waals surface area contributed by atoms with E-state index in [-0.39, 0.29) is 0 Å². The van der Waals surface area contributed by atoms with E-state index in [1.165, 1.54) is 0 Å². The molecule has 0 fully saturated rings. The zero-order chi connectivity index (χ0) is 8.27. The van der Waals surface area contributed by atoms with Crippen LogP contribution in [0.25, 0.3) is 4.85 Å². The molecule has 0 amide bonds. The Bertz CT molecular complexity index is 300. The van der Waals surface area contributed by atoms with Gasteiger partial charge in [0.2, 0.25) is 0 Å². The Balaban J connectivity index is 3.28. The molecular formula is C9H9ClN+. The van der Waals surface area contributed by atoms with Gasteiger partial charge in [0, 0.05) is 5.56 Å². The van der Waals surface area contributed by atoms with E-state index in [1.807, 2.05) is 25.1 Å². The van der Waals surface area contributed by atoms with Crippen LogP contribution in [0.2, 0.25) is 5.02 Å². The summed E-state index contributed by atoms with van der Waals surface area (Å²) in [6, 6.07) is 8.41. The third-order valence-electron chi connectivity index (χ3n) is 1.41. The van der Waals surface area contributed by atoms with E-state index in [1.54, 1.807) is 6.92 Å². The zero-order valence-corrected chi connectivity index (χ0v) is 7.31. The van der Waals surface area contributed by atoms with E-state index in [2.05, 4.69) is 10.9 Å². The first-order chi connectivity index (χ1) is 5.25. The number of halogens is 1. The maximum Gasteiger partial charge on any atom is 0.361 e. The number of aryl methyl sites for hydroxylation is 1. The average molecular weight is 167 g/mol. The van der Waals surface area contributed by atoms with E-state index >= 15 is 0 Å². The highest BCUT2D eigenvalue weighted by atomic mass is 35.5. The number of hydrogen-bond donors (Lipinski definition) is 0. The van der Waals surface area contributed by atoms with Crippen LogP contribution in [0.1, 0.15) is 12.5 Å². The van der Waals surface area contributed by atoms with Crippen LogP contribution >= 0.6 is 11.6 Å². The first kappa shape index (κ1) is 8.10. The van der Waals surface area contributed by atoms with Crippen LogP contribution < -0.4 is 0 Å². The third kappa shape index (κ3) is 1.72. The largest absolute Gasteiger partial charge is 0.361 e. The Labute approximate surface area is 71.4 Å². The summed E-state index contributed by atoms with van der Waals surface area (Å²) in [6.45, 7) is 3.73. The lowest BCUT2D eigenvalue weighted by Crippen LogP contribution is -1.72. The molecule has 0 unspecified atom stereocenters. The van der Waals surface area contributed by atoms with Gasteiger partial charge in [0.15, 0.2) is 0 Å². The normalized spacial score (nSPS) is 8.64. The molecule has 0 spiro atoms. The van der Waals surface area contributed by atoms with Gasteiger partial charge in [-0.05, 0) is 17.8 Å². The van der Waals surface area contributed by atoms with Crippen LogP contribution in [0, 0.1) is 13.0 Å². The Hall–Kier alpha value is -1.00. The van der Waals surface area contributed by atoms with Gasteiger partial charge in [-0.15, -0.1) is 0 Å². The van der Waals surface area contributed by atoms with Crippen molar-refractivity contribution in [1.29, 1.82) is 0 Å². The molecule has 11 heavy (non-hydrogen) atoms. The predicted molar refractivity (Wildman–Crippen MR) is 48.8 cm³/mol. The van der Waals surface area contributed by atoms with Crippen molar-refractivity contribution in [3.63, 3.8) is 0 Å². The van der Waals surface area contributed by atoms with Crippen LogP contribution in [0.4, 0.5) is 5.69 Å². The monoisotopic (exact) mass is 166 g/mol. The van der Waals surface area contributed by atoms with Gasteiger partial charge in [-0.1, -0.05) is 23.7 Å². The average Bonchev–Trinajstić information content (AvgIpc) is 1.97. The van der Waals surface area contributed by atoms with Gasteiger partial charge < -0.3 is 0 Å². The van der Waals surface area contributed by atoms with E-state index in [4.69, 9.17) is 11.6 Å². The molecule has 0 heterocycles. The molecule has 0 atom stereocenters. The molecule has 0 N–H and O–H groups in total. The van der Waals surface area contributed by atoms with Crippen molar-refractivity contribution < 1.29 is 0 Å². The van der Waals surface area contributed by atoms with Crippen molar-refractivity contribution >= 4 is 17.3 Å². The van der Waals surface area contributed by atoms with Crippen molar-refractivity contribution in [1.82, 2.24) is 0 Å². The number of hydrogen-bond acceptors (Lipinski definition) is 0. The Kier molecular flexibility index (Phi) is 2.51. The molecule has 0 aliphatic heterocycles. The molecule has 0 aliphatic rings. The summed E-state index contributed by atoms with van der Waals surface area (Å²) in [6.07, 6.45) is 0. The highest BCUT2D eigenvalue weighted by Crippen LogP contribution is 2.27. The molecule has 0 saturated heterocycles. The SMILES string of the molecule is CC#[N+]c1c(C)cccc1Cl. The molecule has 0 aliphatic carbocycles. The van der Waals surface area contributed by atoms with Crippen LogP contribution in [0.5, 0.6) is 0 Å². The first-order valence-electron chi connectivity index (χ1n) is 3.38. The number of rotatable bonds is 0. The second kappa shape index (κ2) is 3.41. The minimum absolute atomic E-state index is 0.680. The van der Waals surface area contributed by atoms with E-state index in [0.29, 0.717) is 5.02 Å². The lowest BCUT2D eigenvalue weighted by atomic mass is 10.2.